The molecule has 0 saturated carbocycles. The number of anilines is 1. The molecule has 3 aromatic carbocycles. The molecule has 0 spiro atoms. The molecule has 0 unspecified atom stereocenters. The predicted octanol–water partition coefficient (Wildman–Crippen LogP) is 5.71. The van der Waals surface area contributed by atoms with Crippen molar-refractivity contribution in [2.75, 3.05) is 12.8 Å². The fraction of sp³-hybridized carbons (Fsp3) is 0.367. The minimum absolute atomic E-state index is 0.146. The van der Waals surface area contributed by atoms with Crippen molar-refractivity contribution in [1.29, 1.82) is 0 Å². The maximum Gasteiger partial charge on any atom is 0.410 e. The van der Waals surface area contributed by atoms with Gasteiger partial charge in [-0.15, -0.1) is 0 Å². The molecule has 0 fully saturated rings. The Kier molecular flexibility index (Phi) is 8.32. The van der Waals surface area contributed by atoms with Gasteiger partial charge >= 0.3 is 6.09 Å². The number of carbonyl (C=O) groups is 1. The Morgan fingerprint density at radius 1 is 0.833 bits per heavy atom. The van der Waals surface area contributed by atoms with E-state index in [0.29, 0.717) is 18.8 Å². The van der Waals surface area contributed by atoms with Gasteiger partial charge in [-0.05, 0) is 47.8 Å². The van der Waals surface area contributed by atoms with Crippen molar-refractivity contribution in [3.8, 4) is 0 Å². The molecule has 0 bridgehead atoms. The number of nitrogen functional groups attached to an aromatic ring is 1. The molecule has 0 radical (unpaired) electrons. The molecule has 36 heavy (non-hydrogen) atoms. The normalized spacial score (nSPS) is 12.3. The molecule has 0 aliphatic rings. The first-order chi connectivity index (χ1) is 16.8. The van der Waals surface area contributed by atoms with Crippen LogP contribution in [0, 0.1) is 0 Å². The van der Waals surface area contributed by atoms with Gasteiger partial charge in [-0.1, -0.05) is 93.6 Å². The van der Waals surface area contributed by atoms with Crippen molar-refractivity contribution in [3.63, 3.8) is 0 Å². The van der Waals surface area contributed by atoms with Crippen molar-refractivity contribution in [3.05, 3.63) is 90.0 Å². The highest BCUT2D eigenvalue weighted by atomic mass is 28.4. The number of nitrogens with zero attached hydrogens (tertiary/aromatic N) is 1. The minimum Gasteiger partial charge on any atom is -0.444 e. The minimum atomic E-state index is -2.73. The summed E-state index contributed by atoms with van der Waals surface area (Å²) in [6, 6.07) is 26.9. The molecule has 6 heteroatoms. The zero-order valence-electron chi connectivity index (χ0n) is 22.7. The van der Waals surface area contributed by atoms with E-state index in [9.17, 15) is 4.79 Å². The van der Waals surface area contributed by atoms with E-state index < -0.39 is 13.9 Å². The maximum absolute atomic E-state index is 12.6. The molecule has 3 aromatic rings. The van der Waals surface area contributed by atoms with E-state index in [1.54, 1.807) is 11.9 Å². The molecule has 1 amide bonds. The van der Waals surface area contributed by atoms with Gasteiger partial charge in [-0.25, -0.2) is 4.79 Å². The summed E-state index contributed by atoms with van der Waals surface area (Å²) in [7, 11) is -0.992. The monoisotopic (exact) mass is 504 g/mol. The fourth-order valence-corrected chi connectivity index (χ4v) is 9.10. The highest BCUT2D eigenvalue weighted by molar-refractivity contribution is 6.99. The lowest BCUT2D eigenvalue weighted by atomic mass is 10.1. The highest BCUT2D eigenvalue weighted by Gasteiger charge is 2.50. The second-order valence-corrected chi connectivity index (χ2v) is 15.6. The smallest absolute Gasteiger partial charge is 0.410 e. The quantitative estimate of drug-likeness (QED) is 0.331. The molecule has 5 nitrogen and oxygen atoms in total. The van der Waals surface area contributed by atoms with Gasteiger partial charge in [-0.3, -0.25) is 0 Å². The molecular weight excluding hydrogens is 464 g/mol. The lowest BCUT2D eigenvalue weighted by Gasteiger charge is -2.43. The molecule has 0 heterocycles. The van der Waals surface area contributed by atoms with Crippen LogP contribution in [-0.4, -0.2) is 32.0 Å². The summed E-state index contributed by atoms with van der Waals surface area (Å²) in [5, 5.41) is 2.28. The first-order valence-corrected chi connectivity index (χ1v) is 14.3. The molecule has 0 saturated heterocycles. The molecule has 0 aromatic heterocycles. The van der Waals surface area contributed by atoms with Gasteiger partial charge in [0.2, 0.25) is 0 Å². The average molecular weight is 505 g/mol. The van der Waals surface area contributed by atoms with Crippen LogP contribution in [0.3, 0.4) is 0 Å². The Balaban J connectivity index is 2.01. The summed E-state index contributed by atoms with van der Waals surface area (Å²) in [6.07, 6.45) is -0.372. The number of amides is 1. The van der Waals surface area contributed by atoms with Crippen molar-refractivity contribution in [1.82, 2.24) is 4.90 Å². The van der Waals surface area contributed by atoms with Crippen LogP contribution in [0.25, 0.3) is 0 Å². The van der Waals surface area contributed by atoms with Crippen LogP contribution in [0.2, 0.25) is 5.04 Å². The topological polar surface area (TPSA) is 64.8 Å². The number of rotatable bonds is 7. The van der Waals surface area contributed by atoms with Gasteiger partial charge < -0.3 is 19.8 Å². The van der Waals surface area contributed by atoms with E-state index in [1.165, 1.54) is 10.4 Å². The summed E-state index contributed by atoms with van der Waals surface area (Å²) in [5.41, 5.74) is 8.44. The lowest BCUT2D eigenvalue weighted by Crippen LogP contribution is -2.66. The van der Waals surface area contributed by atoms with Crippen molar-refractivity contribution in [2.24, 2.45) is 0 Å². The van der Waals surface area contributed by atoms with E-state index in [-0.39, 0.29) is 11.1 Å². The van der Waals surface area contributed by atoms with E-state index in [0.717, 1.165) is 11.1 Å². The number of carbonyl (C=O) groups excluding carboxylic acids is 1. The molecule has 0 aliphatic carbocycles. The summed E-state index contributed by atoms with van der Waals surface area (Å²) in [5.74, 6) is 0. The second kappa shape index (κ2) is 10.9. The van der Waals surface area contributed by atoms with Crippen LogP contribution in [-0.2, 0) is 22.3 Å². The Bertz CT molecular complexity index is 1110. The molecule has 3 rings (SSSR count). The van der Waals surface area contributed by atoms with Crippen molar-refractivity contribution < 1.29 is 14.0 Å². The van der Waals surface area contributed by atoms with E-state index in [1.807, 2.05) is 51.1 Å². The lowest BCUT2D eigenvalue weighted by molar-refractivity contribution is 0.0284. The van der Waals surface area contributed by atoms with E-state index in [2.05, 4.69) is 69.3 Å². The van der Waals surface area contributed by atoms with Crippen LogP contribution < -0.4 is 16.1 Å². The number of ether oxygens (including phenoxy) is 1. The van der Waals surface area contributed by atoms with Crippen LogP contribution in [0.4, 0.5) is 10.5 Å². The van der Waals surface area contributed by atoms with Gasteiger partial charge in [0.1, 0.15) is 5.60 Å². The average Bonchev–Trinajstić information content (AvgIpc) is 2.80. The molecule has 2 N–H and O–H groups in total. The van der Waals surface area contributed by atoms with Gasteiger partial charge in [0.15, 0.2) is 0 Å². The summed E-state index contributed by atoms with van der Waals surface area (Å²) >= 11 is 0. The van der Waals surface area contributed by atoms with E-state index in [4.69, 9.17) is 14.9 Å². The Morgan fingerprint density at radius 2 is 1.36 bits per heavy atom. The van der Waals surface area contributed by atoms with Gasteiger partial charge in [0, 0.05) is 24.8 Å². The zero-order valence-corrected chi connectivity index (χ0v) is 23.7. The number of hydrogen-bond acceptors (Lipinski definition) is 4. The second-order valence-electron chi connectivity index (χ2n) is 11.3. The highest BCUT2D eigenvalue weighted by Crippen LogP contribution is 2.38. The Labute approximate surface area is 217 Å². The van der Waals surface area contributed by atoms with Crippen molar-refractivity contribution in [2.45, 2.75) is 65.3 Å². The molecule has 0 aliphatic heterocycles. The largest absolute Gasteiger partial charge is 0.444 e. The standard InChI is InChI=1S/C30H40N2O3Si/c1-29(2,3)35-28(33)32(7)21-23-15-14-20-27(31)26(23)22-34-36(30(4,5)6,24-16-10-8-11-17-24)25-18-12-9-13-19-25/h8-20H,21-22,31H2,1-7H3. The van der Waals surface area contributed by atoms with Crippen molar-refractivity contribution >= 4 is 30.5 Å². The third-order valence-corrected chi connectivity index (χ3v) is 11.3. The first-order valence-electron chi connectivity index (χ1n) is 12.4. The number of hydrogen-bond donors (Lipinski definition) is 1. The zero-order chi connectivity index (χ0) is 26.6. The third-order valence-electron chi connectivity index (χ3n) is 6.27. The third kappa shape index (κ3) is 6.18. The SMILES string of the molecule is CN(Cc1cccc(N)c1CO[Si](c1ccccc1)(c1ccccc1)C(C)(C)C)C(=O)OC(C)(C)C. The van der Waals surface area contributed by atoms with E-state index >= 15 is 0 Å². The maximum atomic E-state index is 12.6. The number of benzene rings is 3. The fourth-order valence-electron chi connectivity index (χ4n) is 4.58. The summed E-state index contributed by atoms with van der Waals surface area (Å²) < 4.78 is 12.7. The van der Waals surface area contributed by atoms with Crippen LogP contribution >= 0.6 is 0 Å². The predicted molar refractivity (Wildman–Crippen MR) is 151 cm³/mol. The van der Waals surface area contributed by atoms with Crippen LogP contribution in [0.15, 0.2) is 78.9 Å². The van der Waals surface area contributed by atoms with Gasteiger partial charge in [0.25, 0.3) is 8.32 Å². The number of nitrogens with two attached hydrogens (primary N) is 1. The van der Waals surface area contributed by atoms with Gasteiger partial charge in [-0.2, -0.15) is 0 Å². The Hall–Kier alpha value is -3.09. The van der Waals surface area contributed by atoms with Gasteiger partial charge in [0.05, 0.1) is 6.61 Å². The molecule has 192 valence electrons. The molecule has 0 atom stereocenters. The van der Waals surface area contributed by atoms with Crippen LogP contribution in [0.1, 0.15) is 52.7 Å². The first kappa shape index (κ1) is 27.5. The Morgan fingerprint density at radius 3 is 1.83 bits per heavy atom. The van der Waals surface area contributed by atoms with Crippen LogP contribution in [0.5, 0.6) is 0 Å². The molecular formula is C30H40N2O3Si. The summed E-state index contributed by atoms with van der Waals surface area (Å²) in [4.78, 5) is 14.2. The summed E-state index contributed by atoms with van der Waals surface area (Å²) in [6.45, 7) is 13.1.